The van der Waals surface area contributed by atoms with Crippen LogP contribution in [0, 0.1) is 10.1 Å². The SMILES string of the molecule is COc1cc(C=Nn2c(-c3cc4cc(Cl)ccc4o3)nc3ccccc3c2=O)cc([N+](=O)[O-])c1OCc1ccc2c(c1)OCO2. The number of nitro groups is 1. The molecule has 1 aliphatic heterocycles. The molecule has 0 bridgehead atoms. The van der Waals surface area contributed by atoms with Gasteiger partial charge in [0.1, 0.15) is 12.2 Å². The molecule has 0 radical (unpaired) electrons. The summed E-state index contributed by atoms with van der Waals surface area (Å²) in [5.74, 6) is 1.62. The van der Waals surface area contributed by atoms with E-state index in [9.17, 15) is 14.9 Å². The molecule has 0 spiro atoms. The van der Waals surface area contributed by atoms with Crippen LogP contribution in [0.15, 0.2) is 93.2 Å². The average Bonchev–Trinajstić information content (AvgIpc) is 3.69. The van der Waals surface area contributed by atoms with Gasteiger partial charge in [0, 0.05) is 22.0 Å². The van der Waals surface area contributed by atoms with Crippen LogP contribution in [0.3, 0.4) is 0 Å². The Morgan fingerprint density at radius 2 is 1.91 bits per heavy atom. The van der Waals surface area contributed by atoms with Crippen molar-refractivity contribution < 1.29 is 28.3 Å². The van der Waals surface area contributed by atoms with E-state index >= 15 is 0 Å². The molecular weight excluding hydrogens is 604 g/mol. The molecule has 0 unspecified atom stereocenters. The quantitative estimate of drug-likeness (QED) is 0.104. The first-order valence-corrected chi connectivity index (χ1v) is 13.9. The van der Waals surface area contributed by atoms with Crippen molar-refractivity contribution in [3.8, 4) is 34.6 Å². The zero-order valence-electron chi connectivity index (χ0n) is 23.4. The fourth-order valence-corrected chi connectivity index (χ4v) is 5.12. The molecule has 13 heteroatoms. The van der Waals surface area contributed by atoms with Crippen molar-refractivity contribution in [3.05, 3.63) is 115 Å². The summed E-state index contributed by atoms with van der Waals surface area (Å²) in [4.78, 5) is 29.8. The maximum atomic E-state index is 13.6. The third-order valence-corrected chi connectivity index (χ3v) is 7.30. The summed E-state index contributed by atoms with van der Waals surface area (Å²) in [6, 6.07) is 21.8. The van der Waals surface area contributed by atoms with Gasteiger partial charge >= 0.3 is 5.69 Å². The Hall–Kier alpha value is -5.88. The lowest BCUT2D eigenvalue weighted by atomic mass is 10.1. The van der Waals surface area contributed by atoms with Crippen molar-refractivity contribution in [2.24, 2.45) is 5.10 Å². The number of para-hydroxylation sites is 1. The molecule has 0 atom stereocenters. The van der Waals surface area contributed by atoms with Crippen molar-refractivity contribution in [2.75, 3.05) is 13.9 Å². The third-order valence-electron chi connectivity index (χ3n) is 7.07. The van der Waals surface area contributed by atoms with Gasteiger partial charge in [-0.3, -0.25) is 14.9 Å². The summed E-state index contributed by atoms with van der Waals surface area (Å²) in [6.45, 7) is 0.128. The van der Waals surface area contributed by atoms with Crippen LogP contribution in [-0.2, 0) is 6.61 Å². The third kappa shape index (κ3) is 5.27. The van der Waals surface area contributed by atoms with Crippen LogP contribution >= 0.6 is 11.6 Å². The Labute approximate surface area is 258 Å². The smallest absolute Gasteiger partial charge is 0.315 e. The van der Waals surface area contributed by atoms with Crippen molar-refractivity contribution in [3.63, 3.8) is 0 Å². The van der Waals surface area contributed by atoms with Crippen molar-refractivity contribution in [1.29, 1.82) is 0 Å². The molecule has 12 nitrogen and oxygen atoms in total. The molecular formula is C32H21ClN4O8. The number of nitrogens with zero attached hydrogens (tertiary/aromatic N) is 4. The zero-order valence-corrected chi connectivity index (χ0v) is 24.2. The van der Waals surface area contributed by atoms with E-state index in [-0.39, 0.29) is 47.7 Å². The van der Waals surface area contributed by atoms with E-state index in [1.807, 2.05) is 0 Å². The van der Waals surface area contributed by atoms with Crippen molar-refractivity contribution in [1.82, 2.24) is 9.66 Å². The molecule has 0 saturated carbocycles. The fourth-order valence-electron chi connectivity index (χ4n) is 4.94. The van der Waals surface area contributed by atoms with Crippen molar-refractivity contribution in [2.45, 2.75) is 6.61 Å². The highest BCUT2D eigenvalue weighted by atomic mass is 35.5. The minimum Gasteiger partial charge on any atom is -0.493 e. The number of benzene rings is 4. The van der Waals surface area contributed by atoms with E-state index in [0.717, 1.165) is 4.68 Å². The Balaban J connectivity index is 1.28. The predicted molar refractivity (Wildman–Crippen MR) is 166 cm³/mol. The first-order chi connectivity index (χ1) is 21.9. The first-order valence-electron chi connectivity index (χ1n) is 13.5. The lowest BCUT2D eigenvalue weighted by molar-refractivity contribution is -0.386. The van der Waals surface area contributed by atoms with E-state index in [0.29, 0.717) is 44.0 Å². The second-order valence-corrected chi connectivity index (χ2v) is 10.3. The summed E-state index contributed by atoms with van der Waals surface area (Å²) >= 11 is 6.16. The Morgan fingerprint density at radius 1 is 1.07 bits per heavy atom. The molecule has 7 rings (SSSR count). The highest BCUT2D eigenvalue weighted by molar-refractivity contribution is 6.31. The van der Waals surface area contributed by atoms with Crippen LogP contribution in [0.4, 0.5) is 5.69 Å². The molecule has 4 aromatic carbocycles. The summed E-state index contributed by atoms with van der Waals surface area (Å²) in [6.07, 6.45) is 1.30. The van der Waals surface area contributed by atoms with Gasteiger partial charge in [-0.05, 0) is 60.2 Å². The molecule has 224 valence electrons. The lowest BCUT2D eigenvalue weighted by Gasteiger charge is -2.12. The Kier molecular flexibility index (Phi) is 7.02. The number of nitro benzene ring substituents is 1. The largest absolute Gasteiger partial charge is 0.493 e. The molecule has 2 aromatic heterocycles. The number of rotatable bonds is 8. The van der Waals surface area contributed by atoms with Crippen molar-refractivity contribution >= 4 is 45.4 Å². The number of ether oxygens (including phenoxy) is 4. The fraction of sp³-hybridized carbons (Fsp3) is 0.0938. The molecule has 0 aliphatic carbocycles. The van der Waals surface area contributed by atoms with Gasteiger partial charge in [-0.1, -0.05) is 29.8 Å². The van der Waals surface area contributed by atoms with Gasteiger partial charge in [0.05, 0.1) is 29.2 Å². The number of halogens is 1. The predicted octanol–water partition coefficient (Wildman–Crippen LogP) is 6.57. The minimum absolute atomic E-state index is 0.00546. The number of methoxy groups -OCH3 is 1. The Bertz CT molecular complexity index is 2230. The van der Waals surface area contributed by atoms with Crippen LogP contribution in [0.5, 0.6) is 23.0 Å². The topological polar surface area (TPSA) is 140 Å². The molecule has 1 aliphatic rings. The van der Waals surface area contributed by atoms with Crippen LogP contribution in [-0.4, -0.2) is 34.7 Å². The standard InChI is InChI=1S/C32H21ClN4O8/c1-41-28-12-19(10-24(37(39)40)30(28)42-16-18-6-8-26-27(11-18)44-17-43-26)15-34-36-31(35-23-5-3-2-4-22(23)32(36)38)29-14-20-13-21(33)7-9-25(20)45-29/h2-15H,16-17H2,1H3. The summed E-state index contributed by atoms with van der Waals surface area (Å²) < 4.78 is 29.2. The highest BCUT2D eigenvalue weighted by Crippen LogP contribution is 2.39. The molecule has 0 amide bonds. The second-order valence-electron chi connectivity index (χ2n) is 9.91. The number of hydrogen-bond donors (Lipinski definition) is 0. The molecule has 6 aromatic rings. The normalized spacial score (nSPS) is 12.3. The van der Waals surface area contributed by atoms with Crippen LogP contribution < -0.4 is 24.5 Å². The van der Waals surface area contributed by atoms with E-state index < -0.39 is 10.5 Å². The molecule has 3 heterocycles. The van der Waals surface area contributed by atoms with Gasteiger partial charge < -0.3 is 23.4 Å². The van der Waals surface area contributed by atoms with Gasteiger partial charge in [0.2, 0.25) is 18.4 Å². The number of furan rings is 1. The molecule has 45 heavy (non-hydrogen) atoms. The molecule has 0 saturated heterocycles. The minimum atomic E-state index is -0.580. The van der Waals surface area contributed by atoms with Crippen LogP contribution in [0.1, 0.15) is 11.1 Å². The summed E-state index contributed by atoms with van der Waals surface area (Å²) in [7, 11) is 1.37. The molecule has 0 fully saturated rings. The average molecular weight is 625 g/mol. The van der Waals surface area contributed by atoms with Crippen LogP contribution in [0.2, 0.25) is 5.02 Å². The maximum absolute atomic E-state index is 13.6. The zero-order chi connectivity index (χ0) is 31.1. The second kappa shape index (κ2) is 11.3. The van der Waals surface area contributed by atoms with Gasteiger partial charge in [0.15, 0.2) is 23.0 Å². The lowest BCUT2D eigenvalue weighted by Crippen LogP contribution is -2.20. The van der Waals surface area contributed by atoms with Gasteiger partial charge in [-0.2, -0.15) is 9.78 Å². The van der Waals surface area contributed by atoms with Gasteiger partial charge in [-0.25, -0.2) is 4.98 Å². The first kappa shape index (κ1) is 27.9. The van der Waals surface area contributed by atoms with E-state index in [4.69, 9.17) is 35.0 Å². The summed E-state index contributed by atoms with van der Waals surface area (Å²) in [5.41, 5.74) is 1.17. The Morgan fingerprint density at radius 3 is 2.76 bits per heavy atom. The maximum Gasteiger partial charge on any atom is 0.315 e. The number of aromatic nitrogens is 2. The van der Waals surface area contributed by atoms with Gasteiger partial charge in [0.25, 0.3) is 5.56 Å². The van der Waals surface area contributed by atoms with E-state index in [2.05, 4.69) is 10.1 Å². The van der Waals surface area contributed by atoms with Crippen LogP contribution in [0.25, 0.3) is 33.5 Å². The van der Waals surface area contributed by atoms with E-state index in [1.54, 1.807) is 66.7 Å². The number of fused-ring (bicyclic) bond motifs is 3. The van der Waals surface area contributed by atoms with E-state index in [1.165, 1.54) is 25.5 Å². The van der Waals surface area contributed by atoms with Gasteiger partial charge in [-0.15, -0.1) is 0 Å². The number of hydrogen-bond acceptors (Lipinski definition) is 10. The molecule has 0 N–H and O–H groups in total. The summed E-state index contributed by atoms with van der Waals surface area (Å²) in [5, 5.41) is 18.1. The monoisotopic (exact) mass is 624 g/mol. The highest BCUT2D eigenvalue weighted by Gasteiger charge is 2.23.